The number of nitriles is 1. The molecule has 0 aromatic carbocycles. The van der Waals surface area contributed by atoms with E-state index in [-0.39, 0.29) is 0 Å². The van der Waals surface area contributed by atoms with Gasteiger partial charge in [-0.1, -0.05) is 25.7 Å². The van der Waals surface area contributed by atoms with E-state index in [1.807, 2.05) is 17.7 Å². The maximum Gasteiger partial charge on any atom is 0.120 e. The Morgan fingerprint density at radius 3 is 2.71 bits per heavy atom. The monoisotopic (exact) mass is 285 g/mol. The first-order chi connectivity index (χ1) is 10.2. The van der Waals surface area contributed by atoms with Gasteiger partial charge in [0, 0.05) is 25.3 Å². The fraction of sp³-hybridized carbons (Fsp3) is 0.722. The summed E-state index contributed by atoms with van der Waals surface area (Å²) in [6.45, 7) is 3.01. The molecule has 3 nitrogen and oxygen atoms in total. The number of rotatable bonds is 3. The molecule has 1 heterocycles. The lowest BCUT2D eigenvalue weighted by Crippen LogP contribution is -2.38. The molecule has 0 amide bonds. The molecule has 1 aromatic rings. The number of nitrogens with one attached hydrogen (secondary N) is 1. The number of fused-ring (bicyclic) bond motifs is 1. The van der Waals surface area contributed by atoms with Gasteiger partial charge in [0.25, 0.3) is 0 Å². The maximum absolute atomic E-state index is 9.11. The fourth-order valence-electron chi connectivity index (χ4n) is 4.36. The van der Waals surface area contributed by atoms with Crippen molar-refractivity contribution in [3.63, 3.8) is 0 Å². The Morgan fingerprint density at radius 2 is 2.00 bits per heavy atom. The Kier molecular flexibility index (Phi) is 4.35. The van der Waals surface area contributed by atoms with E-state index >= 15 is 0 Å². The molecule has 0 aliphatic heterocycles. The standard InChI is InChI=1S/C18H27N3/c1-13-16(10-18(11-19)21(13)2)12-20-17-8-7-14-5-3-4-6-15(14)9-17/h10,14-15,17,20H,3-9,12H2,1-2H3/t14-,15+,17-/m1/s1. The van der Waals surface area contributed by atoms with Gasteiger partial charge in [-0.25, -0.2) is 0 Å². The summed E-state index contributed by atoms with van der Waals surface area (Å²) in [5.41, 5.74) is 3.26. The Balaban J connectivity index is 1.57. The van der Waals surface area contributed by atoms with E-state index in [1.165, 1.54) is 56.2 Å². The predicted molar refractivity (Wildman–Crippen MR) is 84.8 cm³/mol. The zero-order valence-electron chi connectivity index (χ0n) is 13.4. The highest BCUT2D eigenvalue weighted by Gasteiger charge is 2.31. The lowest BCUT2D eigenvalue weighted by molar-refractivity contribution is 0.143. The molecule has 0 unspecified atom stereocenters. The van der Waals surface area contributed by atoms with Crippen LogP contribution in [0.15, 0.2) is 6.07 Å². The average molecular weight is 285 g/mol. The molecule has 3 heteroatoms. The second-order valence-corrected chi connectivity index (χ2v) is 7.01. The van der Waals surface area contributed by atoms with Crippen molar-refractivity contribution in [2.75, 3.05) is 0 Å². The molecule has 0 saturated heterocycles. The highest BCUT2D eigenvalue weighted by atomic mass is 15.0. The van der Waals surface area contributed by atoms with Gasteiger partial charge in [-0.2, -0.15) is 5.26 Å². The number of hydrogen-bond donors (Lipinski definition) is 1. The molecular formula is C18H27N3. The number of aromatic nitrogens is 1. The summed E-state index contributed by atoms with van der Waals surface area (Å²) in [6.07, 6.45) is 9.93. The van der Waals surface area contributed by atoms with Crippen LogP contribution in [0.2, 0.25) is 0 Å². The summed E-state index contributed by atoms with van der Waals surface area (Å²) < 4.78 is 2.00. The summed E-state index contributed by atoms with van der Waals surface area (Å²) in [6, 6.07) is 4.98. The Labute approximate surface area is 128 Å². The Hall–Kier alpha value is -1.27. The van der Waals surface area contributed by atoms with Crippen molar-refractivity contribution in [3.05, 3.63) is 23.0 Å². The summed E-state index contributed by atoms with van der Waals surface area (Å²) in [5.74, 6) is 1.98. The van der Waals surface area contributed by atoms with Crippen LogP contribution in [-0.2, 0) is 13.6 Å². The van der Waals surface area contributed by atoms with Gasteiger partial charge in [-0.05, 0) is 49.7 Å². The summed E-state index contributed by atoms with van der Waals surface area (Å²) >= 11 is 0. The van der Waals surface area contributed by atoms with Crippen LogP contribution >= 0.6 is 0 Å². The average Bonchev–Trinajstić information content (AvgIpc) is 2.80. The van der Waals surface area contributed by atoms with Crippen LogP contribution in [0.4, 0.5) is 0 Å². The topological polar surface area (TPSA) is 40.8 Å². The molecule has 3 atom stereocenters. The normalized spacial score (nSPS) is 28.9. The molecule has 1 aromatic heterocycles. The summed E-state index contributed by atoms with van der Waals surface area (Å²) in [4.78, 5) is 0. The number of hydrogen-bond acceptors (Lipinski definition) is 2. The highest BCUT2D eigenvalue weighted by Crippen LogP contribution is 2.40. The van der Waals surface area contributed by atoms with Gasteiger partial charge >= 0.3 is 0 Å². The zero-order valence-corrected chi connectivity index (χ0v) is 13.4. The first kappa shape index (κ1) is 14.7. The molecule has 2 fully saturated rings. The van der Waals surface area contributed by atoms with Crippen molar-refractivity contribution in [1.82, 2.24) is 9.88 Å². The highest BCUT2D eigenvalue weighted by molar-refractivity contribution is 5.34. The maximum atomic E-state index is 9.11. The quantitative estimate of drug-likeness (QED) is 0.921. The van der Waals surface area contributed by atoms with E-state index < -0.39 is 0 Å². The zero-order chi connectivity index (χ0) is 14.8. The Bertz CT molecular complexity index is 537. The van der Waals surface area contributed by atoms with Crippen LogP contribution in [0, 0.1) is 30.1 Å². The molecule has 2 aliphatic rings. The second-order valence-electron chi connectivity index (χ2n) is 7.01. The second kappa shape index (κ2) is 6.23. The smallest absolute Gasteiger partial charge is 0.120 e. The molecule has 3 rings (SSSR count). The molecule has 114 valence electrons. The van der Waals surface area contributed by atoms with Gasteiger partial charge in [-0.15, -0.1) is 0 Å². The van der Waals surface area contributed by atoms with E-state index in [0.29, 0.717) is 6.04 Å². The lowest BCUT2D eigenvalue weighted by atomic mass is 9.69. The SMILES string of the molecule is Cc1c(CN[C@@H]2CC[C@H]3CCCC[C@H]3C2)cc(C#N)n1C. The third-order valence-corrected chi connectivity index (χ3v) is 5.88. The summed E-state index contributed by atoms with van der Waals surface area (Å²) in [7, 11) is 1.98. The molecule has 2 aliphatic carbocycles. The number of nitrogens with zero attached hydrogens (tertiary/aromatic N) is 2. The van der Waals surface area contributed by atoms with Crippen LogP contribution in [0.1, 0.15) is 61.9 Å². The van der Waals surface area contributed by atoms with Crippen molar-refractivity contribution in [1.29, 1.82) is 5.26 Å². The molecule has 2 saturated carbocycles. The van der Waals surface area contributed by atoms with Crippen molar-refractivity contribution < 1.29 is 0 Å². The minimum atomic E-state index is 0.675. The Morgan fingerprint density at radius 1 is 1.24 bits per heavy atom. The molecule has 0 spiro atoms. The minimum absolute atomic E-state index is 0.675. The van der Waals surface area contributed by atoms with Gasteiger partial charge in [0.2, 0.25) is 0 Å². The van der Waals surface area contributed by atoms with E-state index in [0.717, 1.165) is 24.1 Å². The van der Waals surface area contributed by atoms with E-state index in [9.17, 15) is 0 Å². The largest absolute Gasteiger partial charge is 0.340 e. The van der Waals surface area contributed by atoms with Gasteiger partial charge in [0.1, 0.15) is 11.8 Å². The third-order valence-electron chi connectivity index (χ3n) is 5.88. The molecule has 0 radical (unpaired) electrons. The van der Waals surface area contributed by atoms with Crippen molar-refractivity contribution in [2.45, 2.75) is 64.5 Å². The first-order valence-electron chi connectivity index (χ1n) is 8.47. The van der Waals surface area contributed by atoms with Gasteiger partial charge in [-0.3, -0.25) is 0 Å². The van der Waals surface area contributed by atoms with Crippen LogP contribution in [0.3, 0.4) is 0 Å². The van der Waals surface area contributed by atoms with Crippen molar-refractivity contribution in [2.24, 2.45) is 18.9 Å². The van der Waals surface area contributed by atoms with Gasteiger partial charge < -0.3 is 9.88 Å². The fourth-order valence-corrected chi connectivity index (χ4v) is 4.36. The van der Waals surface area contributed by atoms with Crippen LogP contribution in [0.5, 0.6) is 0 Å². The summed E-state index contributed by atoms with van der Waals surface area (Å²) in [5, 5.41) is 12.9. The van der Waals surface area contributed by atoms with E-state index in [2.05, 4.69) is 18.3 Å². The third kappa shape index (κ3) is 3.01. The van der Waals surface area contributed by atoms with E-state index in [1.54, 1.807) is 0 Å². The molecular weight excluding hydrogens is 258 g/mol. The van der Waals surface area contributed by atoms with Gasteiger partial charge in [0.15, 0.2) is 0 Å². The molecule has 0 bridgehead atoms. The lowest BCUT2D eigenvalue weighted by Gasteiger charge is -2.39. The predicted octanol–water partition coefficient (Wildman–Crippen LogP) is 3.65. The molecule has 1 N–H and O–H groups in total. The van der Waals surface area contributed by atoms with Crippen LogP contribution < -0.4 is 5.32 Å². The van der Waals surface area contributed by atoms with E-state index in [4.69, 9.17) is 5.26 Å². The van der Waals surface area contributed by atoms with Gasteiger partial charge in [0.05, 0.1) is 0 Å². The minimum Gasteiger partial charge on any atom is -0.340 e. The van der Waals surface area contributed by atoms with Crippen molar-refractivity contribution >= 4 is 0 Å². The van der Waals surface area contributed by atoms with Crippen LogP contribution in [0.25, 0.3) is 0 Å². The van der Waals surface area contributed by atoms with Crippen molar-refractivity contribution in [3.8, 4) is 6.07 Å². The molecule has 21 heavy (non-hydrogen) atoms. The van der Waals surface area contributed by atoms with Crippen LogP contribution in [-0.4, -0.2) is 10.6 Å². The first-order valence-corrected chi connectivity index (χ1v) is 8.47.